The fourth-order valence-electron chi connectivity index (χ4n) is 4.28. The summed E-state index contributed by atoms with van der Waals surface area (Å²) in [5, 5.41) is 2.34. The van der Waals surface area contributed by atoms with E-state index in [0.717, 1.165) is 22.8 Å². The lowest BCUT2D eigenvalue weighted by Crippen LogP contribution is -2.18. The Morgan fingerprint density at radius 1 is 0.571 bits per heavy atom. The summed E-state index contributed by atoms with van der Waals surface area (Å²) in [6, 6.07) is 34.5. The number of rotatable bonds is 1. The second-order valence-corrected chi connectivity index (χ2v) is 7.33. The maximum Gasteiger partial charge on any atom is 0.0711 e. The van der Waals surface area contributed by atoms with Gasteiger partial charge in [0.05, 0.1) is 11.0 Å². The zero-order valence-electron chi connectivity index (χ0n) is 15.3. The first-order valence-corrected chi connectivity index (χ1v) is 9.62. The molecule has 0 atom stereocenters. The first-order chi connectivity index (χ1) is 13.9. The second kappa shape index (κ2) is 5.93. The van der Waals surface area contributed by atoms with Crippen molar-refractivity contribution in [2.75, 3.05) is 4.90 Å². The Kier molecular flexibility index (Phi) is 3.26. The summed E-state index contributed by atoms with van der Waals surface area (Å²) in [6.45, 7) is 0. The molecule has 0 saturated carbocycles. The highest BCUT2D eigenvalue weighted by Crippen LogP contribution is 2.44. The van der Waals surface area contributed by atoms with Gasteiger partial charge < -0.3 is 4.90 Å². The van der Waals surface area contributed by atoms with Crippen molar-refractivity contribution in [3.05, 3.63) is 108 Å². The third kappa shape index (κ3) is 2.31. The molecule has 4 aromatic carbocycles. The SMILES string of the molecule is c1ccc2c(c1)Cc1ccccc1N2c1ccc2nc3ccccc3cc2c1. The quantitative estimate of drug-likeness (QED) is 0.302. The van der Waals surface area contributed by atoms with E-state index in [9.17, 15) is 0 Å². The molecule has 0 saturated heterocycles. The predicted molar refractivity (Wildman–Crippen MR) is 117 cm³/mol. The molecule has 2 nitrogen and oxygen atoms in total. The average molecular weight is 358 g/mol. The van der Waals surface area contributed by atoms with Crippen LogP contribution in [0.5, 0.6) is 0 Å². The number of aromatic nitrogens is 1. The highest BCUT2D eigenvalue weighted by atomic mass is 15.2. The van der Waals surface area contributed by atoms with E-state index in [-0.39, 0.29) is 0 Å². The van der Waals surface area contributed by atoms with Crippen LogP contribution in [-0.2, 0) is 6.42 Å². The van der Waals surface area contributed by atoms with Crippen LogP contribution in [0.2, 0.25) is 0 Å². The van der Waals surface area contributed by atoms with Gasteiger partial charge in [-0.3, -0.25) is 0 Å². The van der Waals surface area contributed by atoms with Crippen LogP contribution in [0.15, 0.2) is 97.1 Å². The molecule has 132 valence electrons. The predicted octanol–water partition coefficient (Wildman–Crippen LogP) is 6.76. The topological polar surface area (TPSA) is 16.1 Å². The van der Waals surface area contributed by atoms with Gasteiger partial charge in [-0.15, -0.1) is 0 Å². The summed E-state index contributed by atoms with van der Waals surface area (Å²) < 4.78 is 0. The first kappa shape index (κ1) is 15.4. The monoisotopic (exact) mass is 358 g/mol. The van der Waals surface area contributed by atoms with Crippen LogP contribution in [0.1, 0.15) is 11.1 Å². The van der Waals surface area contributed by atoms with Gasteiger partial charge in [0.1, 0.15) is 0 Å². The van der Waals surface area contributed by atoms with E-state index in [4.69, 9.17) is 4.98 Å². The molecule has 0 bridgehead atoms. The summed E-state index contributed by atoms with van der Waals surface area (Å²) in [7, 11) is 0. The molecule has 1 aliphatic rings. The van der Waals surface area contributed by atoms with Gasteiger partial charge in [0, 0.05) is 34.3 Å². The minimum Gasteiger partial charge on any atom is -0.310 e. The molecule has 1 aromatic heterocycles. The minimum atomic E-state index is 0.975. The van der Waals surface area contributed by atoms with Crippen LogP contribution >= 0.6 is 0 Å². The fourth-order valence-corrected chi connectivity index (χ4v) is 4.28. The lowest BCUT2D eigenvalue weighted by atomic mass is 9.95. The van der Waals surface area contributed by atoms with E-state index >= 15 is 0 Å². The van der Waals surface area contributed by atoms with E-state index in [1.165, 1.54) is 33.6 Å². The van der Waals surface area contributed by atoms with Crippen molar-refractivity contribution in [2.45, 2.75) is 6.42 Å². The molecule has 0 fully saturated rings. The van der Waals surface area contributed by atoms with Crippen molar-refractivity contribution >= 4 is 38.9 Å². The van der Waals surface area contributed by atoms with Crippen molar-refractivity contribution in [2.24, 2.45) is 0 Å². The van der Waals surface area contributed by atoms with Crippen molar-refractivity contribution < 1.29 is 0 Å². The number of hydrogen-bond acceptors (Lipinski definition) is 2. The second-order valence-electron chi connectivity index (χ2n) is 7.33. The van der Waals surface area contributed by atoms with Crippen molar-refractivity contribution in [3.8, 4) is 0 Å². The van der Waals surface area contributed by atoms with Gasteiger partial charge in [-0.05, 0) is 53.6 Å². The number of pyridine rings is 1. The van der Waals surface area contributed by atoms with Crippen LogP contribution < -0.4 is 4.90 Å². The van der Waals surface area contributed by atoms with Crippen molar-refractivity contribution in [1.29, 1.82) is 0 Å². The molecule has 2 heteroatoms. The Hall–Kier alpha value is -3.65. The van der Waals surface area contributed by atoms with Gasteiger partial charge in [-0.25, -0.2) is 4.98 Å². The molecular weight excluding hydrogens is 340 g/mol. The van der Waals surface area contributed by atoms with E-state index < -0.39 is 0 Å². The lowest BCUT2D eigenvalue weighted by molar-refractivity contribution is 1.09. The van der Waals surface area contributed by atoms with E-state index in [1.807, 2.05) is 6.07 Å². The normalized spacial score (nSPS) is 12.8. The smallest absolute Gasteiger partial charge is 0.0711 e. The molecule has 2 heterocycles. The molecule has 0 unspecified atom stereocenters. The van der Waals surface area contributed by atoms with E-state index in [2.05, 4.69) is 95.9 Å². The third-order valence-corrected chi connectivity index (χ3v) is 5.60. The zero-order chi connectivity index (χ0) is 18.5. The summed E-state index contributed by atoms with van der Waals surface area (Å²) in [6.07, 6.45) is 0.975. The number of nitrogens with zero attached hydrogens (tertiary/aromatic N) is 2. The van der Waals surface area contributed by atoms with Gasteiger partial charge in [0.25, 0.3) is 0 Å². The molecule has 0 N–H and O–H groups in total. The summed E-state index contributed by atoms with van der Waals surface area (Å²) in [5.74, 6) is 0. The van der Waals surface area contributed by atoms with Gasteiger partial charge in [-0.2, -0.15) is 0 Å². The van der Waals surface area contributed by atoms with Gasteiger partial charge in [-0.1, -0.05) is 54.6 Å². The highest BCUT2D eigenvalue weighted by Gasteiger charge is 2.23. The van der Waals surface area contributed by atoms with Gasteiger partial charge >= 0.3 is 0 Å². The van der Waals surface area contributed by atoms with Crippen LogP contribution in [0.4, 0.5) is 17.1 Å². The molecule has 5 aromatic rings. The molecule has 28 heavy (non-hydrogen) atoms. The molecular formula is C26H18N2. The number of anilines is 3. The van der Waals surface area contributed by atoms with Crippen molar-refractivity contribution in [3.63, 3.8) is 0 Å². The maximum atomic E-state index is 4.83. The lowest BCUT2D eigenvalue weighted by Gasteiger charge is -2.33. The minimum absolute atomic E-state index is 0.975. The van der Waals surface area contributed by atoms with Crippen LogP contribution in [-0.4, -0.2) is 4.98 Å². The van der Waals surface area contributed by atoms with Crippen LogP contribution in [0.3, 0.4) is 0 Å². The Balaban J connectivity index is 1.60. The Labute approximate surface area is 163 Å². The third-order valence-electron chi connectivity index (χ3n) is 5.60. The maximum absolute atomic E-state index is 4.83. The van der Waals surface area contributed by atoms with E-state index in [1.54, 1.807) is 0 Å². The standard InChI is InChI=1S/C26H18N2/c1-4-10-23-18(7-1)15-21-17-22(13-14-24(21)27-23)28-25-11-5-2-8-19(25)16-20-9-3-6-12-26(20)28/h1-15,17H,16H2. The Bertz CT molecular complexity index is 1310. The van der Waals surface area contributed by atoms with Gasteiger partial charge in [0.2, 0.25) is 0 Å². The largest absolute Gasteiger partial charge is 0.310 e. The number of para-hydroxylation sites is 3. The fraction of sp³-hybridized carbons (Fsp3) is 0.0385. The summed E-state index contributed by atoms with van der Waals surface area (Å²) >= 11 is 0. The number of fused-ring (bicyclic) bond motifs is 4. The molecule has 0 spiro atoms. The van der Waals surface area contributed by atoms with E-state index in [0.29, 0.717) is 0 Å². The Morgan fingerprint density at radius 2 is 1.21 bits per heavy atom. The van der Waals surface area contributed by atoms with Crippen LogP contribution in [0, 0.1) is 0 Å². The number of hydrogen-bond donors (Lipinski definition) is 0. The molecule has 0 amide bonds. The first-order valence-electron chi connectivity index (χ1n) is 9.62. The summed E-state index contributed by atoms with van der Waals surface area (Å²) in [4.78, 5) is 7.21. The highest BCUT2D eigenvalue weighted by molar-refractivity contribution is 5.96. The van der Waals surface area contributed by atoms with Crippen LogP contribution in [0.25, 0.3) is 21.8 Å². The Morgan fingerprint density at radius 3 is 2.00 bits per heavy atom. The molecule has 1 aliphatic heterocycles. The van der Waals surface area contributed by atoms with Gasteiger partial charge in [0.15, 0.2) is 0 Å². The summed E-state index contributed by atoms with van der Waals surface area (Å²) in [5.41, 5.74) is 8.47. The zero-order valence-corrected chi connectivity index (χ0v) is 15.3. The average Bonchev–Trinajstić information content (AvgIpc) is 2.75. The molecule has 0 radical (unpaired) electrons. The number of benzene rings is 4. The molecule has 0 aliphatic carbocycles. The molecule has 6 rings (SSSR count). The van der Waals surface area contributed by atoms with Crippen molar-refractivity contribution in [1.82, 2.24) is 4.98 Å².